The fraction of sp³-hybridized carbons (Fsp3) is 0.552. The summed E-state index contributed by atoms with van der Waals surface area (Å²) in [5.74, 6) is -0.0383. The van der Waals surface area contributed by atoms with Crippen molar-refractivity contribution in [3.8, 4) is 0 Å². The Morgan fingerprint density at radius 1 is 0.921 bits per heavy atom. The van der Waals surface area contributed by atoms with Crippen LogP contribution in [0.4, 0.5) is 4.79 Å². The van der Waals surface area contributed by atoms with Gasteiger partial charge in [0.2, 0.25) is 0 Å². The van der Waals surface area contributed by atoms with Crippen molar-refractivity contribution in [3.63, 3.8) is 0 Å². The summed E-state index contributed by atoms with van der Waals surface area (Å²) in [5, 5.41) is 5.17. The molecule has 0 bridgehead atoms. The number of rotatable bonds is 8. The fourth-order valence-corrected chi connectivity index (χ4v) is 10.5. The second-order valence-corrected chi connectivity index (χ2v) is 18.1. The zero-order valence-electron chi connectivity index (χ0n) is 23.7. The van der Waals surface area contributed by atoms with Crippen LogP contribution >= 0.6 is 0 Å². The molecule has 0 saturated heterocycles. The highest BCUT2D eigenvalue weighted by Gasteiger charge is 2.53. The SMILES string of the molecule is CC(C)(C)OC(=O)N[C@@H]1C[C@@H](COS(C)(=O)=O)CC[C@H]1O[Si](c1ccccc1)(c1ccccc1)C(C)(C)C. The molecule has 3 rings (SSSR count). The molecular weight excluding hydrogens is 518 g/mol. The summed E-state index contributed by atoms with van der Waals surface area (Å²) < 4.78 is 41.3. The lowest BCUT2D eigenvalue weighted by molar-refractivity contribution is 0.0310. The Morgan fingerprint density at radius 3 is 1.89 bits per heavy atom. The number of hydrogen-bond acceptors (Lipinski definition) is 6. The van der Waals surface area contributed by atoms with Gasteiger partial charge in [-0.25, -0.2) is 4.79 Å². The molecule has 3 atom stereocenters. The zero-order chi connectivity index (χ0) is 28.2. The minimum Gasteiger partial charge on any atom is -0.444 e. The highest BCUT2D eigenvalue weighted by molar-refractivity contribution is 7.85. The number of nitrogens with one attached hydrogen (secondary N) is 1. The van der Waals surface area contributed by atoms with Crippen molar-refractivity contribution in [2.24, 2.45) is 5.92 Å². The smallest absolute Gasteiger partial charge is 0.407 e. The van der Waals surface area contributed by atoms with Gasteiger partial charge >= 0.3 is 6.09 Å². The lowest BCUT2D eigenvalue weighted by atomic mass is 9.84. The van der Waals surface area contributed by atoms with Crippen molar-refractivity contribution in [1.82, 2.24) is 5.32 Å². The van der Waals surface area contributed by atoms with Crippen LogP contribution < -0.4 is 15.7 Å². The first kappa shape index (κ1) is 30.3. The summed E-state index contributed by atoms with van der Waals surface area (Å²) in [7, 11) is -6.42. The van der Waals surface area contributed by atoms with Gasteiger partial charge in [-0.1, -0.05) is 81.4 Å². The van der Waals surface area contributed by atoms with E-state index < -0.39 is 30.1 Å². The second kappa shape index (κ2) is 11.9. The largest absolute Gasteiger partial charge is 0.444 e. The topological polar surface area (TPSA) is 90.9 Å². The van der Waals surface area contributed by atoms with Crippen LogP contribution in [0.5, 0.6) is 0 Å². The van der Waals surface area contributed by atoms with Crippen LogP contribution in [-0.2, 0) is 23.5 Å². The molecule has 0 aliphatic heterocycles. The average Bonchev–Trinajstić information content (AvgIpc) is 2.81. The molecule has 1 aliphatic rings. The number of amides is 1. The maximum Gasteiger partial charge on any atom is 0.407 e. The maximum atomic E-state index is 12.9. The van der Waals surface area contributed by atoms with Gasteiger partial charge in [0.25, 0.3) is 18.4 Å². The van der Waals surface area contributed by atoms with E-state index in [1.165, 1.54) is 0 Å². The van der Waals surface area contributed by atoms with Crippen LogP contribution in [-0.4, -0.2) is 53.4 Å². The minimum absolute atomic E-state index is 0.0383. The van der Waals surface area contributed by atoms with Gasteiger partial charge < -0.3 is 14.5 Å². The molecular formula is C29H43NO6SSi. The van der Waals surface area contributed by atoms with Gasteiger partial charge in [0.15, 0.2) is 0 Å². The third-order valence-electron chi connectivity index (χ3n) is 6.86. The number of carbonyl (C=O) groups is 1. The highest BCUT2D eigenvalue weighted by Crippen LogP contribution is 2.40. The van der Waals surface area contributed by atoms with E-state index in [4.69, 9.17) is 13.3 Å². The summed E-state index contributed by atoms with van der Waals surface area (Å²) in [6.07, 6.45) is 2.17. The first-order chi connectivity index (χ1) is 17.6. The molecule has 7 nitrogen and oxygen atoms in total. The third-order valence-corrected chi connectivity index (χ3v) is 12.5. The molecule has 1 saturated carbocycles. The Balaban J connectivity index is 2.01. The Kier molecular flexibility index (Phi) is 9.50. The average molecular weight is 562 g/mol. The lowest BCUT2D eigenvalue weighted by Gasteiger charge is -2.48. The highest BCUT2D eigenvalue weighted by atomic mass is 32.2. The standard InChI is InChI=1S/C29H43NO6SSi/c1-28(2,3)35-27(31)30-25-20-22(21-34-37(7,32)33)18-19-26(25)36-38(29(4,5)6,23-14-10-8-11-15-23)24-16-12-9-13-17-24/h8-17,22,25-26H,18-21H2,1-7H3,(H,30,31)/t22-,25+,26+/m0/s1. The predicted octanol–water partition coefficient (Wildman–Crippen LogP) is 4.60. The van der Waals surface area contributed by atoms with Gasteiger partial charge in [-0.3, -0.25) is 4.18 Å². The van der Waals surface area contributed by atoms with Crippen molar-refractivity contribution >= 4 is 34.9 Å². The summed E-state index contributed by atoms with van der Waals surface area (Å²) in [4.78, 5) is 12.9. The normalized spacial score (nSPS) is 21.1. The molecule has 0 radical (unpaired) electrons. The summed E-state index contributed by atoms with van der Waals surface area (Å²) in [5.41, 5.74) is -0.647. The predicted molar refractivity (Wildman–Crippen MR) is 154 cm³/mol. The molecule has 1 aliphatic carbocycles. The van der Waals surface area contributed by atoms with Crippen molar-refractivity contribution in [1.29, 1.82) is 0 Å². The molecule has 1 fully saturated rings. The molecule has 2 aromatic carbocycles. The maximum absolute atomic E-state index is 12.9. The van der Waals surface area contributed by atoms with Gasteiger partial charge in [-0.2, -0.15) is 8.42 Å². The van der Waals surface area contributed by atoms with Crippen LogP contribution in [0.25, 0.3) is 0 Å². The first-order valence-corrected chi connectivity index (χ1v) is 17.0. The number of ether oxygens (including phenoxy) is 1. The molecule has 0 aromatic heterocycles. The second-order valence-electron chi connectivity index (χ2n) is 12.2. The molecule has 38 heavy (non-hydrogen) atoms. The molecule has 0 unspecified atom stereocenters. The van der Waals surface area contributed by atoms with Crippen molar-refractivity contribution < 1.29 is 26.6 Å². The van der Waals surface area contributed by atoms with Gasteiger partial charge in [0, 0.05) is 0 Å². The van der Waals surface area contributed by atoms with Gasteiger partial charge in [-0.05, 0) is 61.4 Å². The zero-order valence-corrected chi connectivity index (χ0v) is 25.5. The van der Waals surface area contributed by atoms with Gasteiger partial charge in [0.1, 0.15) is 5.60 Å². The van der Waals surface area contributed by atoms with Gasteiger partial charge in [-0.15, -0.1) is 0 Å². The molecule has 0 spiro atoms. The van der Waals surface area contributed by atoms with E-state index in [0.717, 1.165) is 23.1 Å². The van der Waals surface area contributed by atoms with E-state index >= 15 is 0 Å². The number of benzene rings is 2. The fourth-order valence-electron chi connectivity index (χ4n) is 5.27. The Labute approximate surface area is 229 Å². The van der Waals surface area contributed by atoms with Gasteiger partial charge in [0.05, 0.1) is 25.0 Å². The molecule has 9 heteroatoms. The van der Waals surface area contributed by atoms with Crippen LogP contribution in [0, 0.1) is 5.92 Å². The van der Waals surface area contributed by atoms with Crippen LogP contribution in [0.15, 0.2) is 60.7 Å². The monoisotopic (exact) mass is 561 g/mol. The third kappa shape index (κ3) is 7.91. The quantitative estimate of drug-likeness (QED) is 0.374. The van der Waals surface area contributed by atoms with E-state index in [1.54, 1.807) is 0 Å². The van der Waals surface area contributed by atoms with Crippen LogP contribution in [0.1, 0.15) is 60.8 Å². The Bertz CT molecular complexity index is 1120. The summed E-state index contributed by atoms with van der Waals surface area (Å²) in [6.45, 7) is 12.2. The molecule has 1 amide bonds. The number of alkyl carbamates (subject to hydrolysis) is 1. The Hall–Kier alpha value is -2.20. The van der Waals surface area contributed by atoms with Crippen molar-refractivity contribution in [2.45, 2.75) is 83.6 Å². The minimum atomic E-state index is -3.56. The lowest BCUT2D eigenvalue weighted by Crippen LogP contribution is -2.69. The van der Waals surface area contributed by atoms with Crippen LogP contribution in [0.2, 0.25) is 5.04 Å². The van der Waals surface area contributed by atoms with E-state index in [1.807, 2.05) is 57.2 Å². The molecule has 210 valence electrons. The molecule has 0 heterocycles. The number of carbonyl (C=O) groups excluding carboxylic acids is 1. The van der Waals surface area contributed by atoms with E-state index in [9.17, 15) is 13.2 Å². The van der Waals surface area contributed by atoms with E-state index in [0.29, 0.717) is 12.8 Å². The van der Waals surface area contributed by atoms with Crippen molar-refractivity contribution in [3.05, 3.63) is 60.7 Å². The summed E-state index contributed by atoms with van der Waals surface area (Å²) in [6, 6.07) is 20.4. The van der Waals surface area contributed by atoms with Crippen LogP contribution in [0.3, 0.4) is 0 Å². The molecule has 2 aromatic rings. The number of hydrogen-bond donors (Lipinski definition) is 1. The van der Waals surface area contributed by atoms with E-state index in [-0.39, 0.29) is 29.7 Å². The first-order valence-electron chi connectivity index (χ1n) is 13.2. The Morgan fingerprint density at radius 2 is 1.45 bits per heavy atom. The summed E-state index contributed by atoms with van der Waals surface area (Å²) >= 11 is 0. The van der Waals surface area contributed by atoms with E-state index in [2.05, 4.69) is 50.4 Å². The molecule has 1 N–H and O–H groups in total. The van der Waals surface area contributed by atoms with Crippen molar-refractivity contribution in [2.75, 3.05) is 12.9 Å².